The number of halogens is 1. The molecule has 7 nitrogen and oxygen atoms in total. The Hall–Kier alpha value is -4.17. The van der Waals surface area contributed by atoms with Gasteiger partial charge in [-0.1, -0.05) is 30.3 Å². The van der Waals surface area contributed by atoms with E-state index in [2.05, 4.69) is 4.90 Å². The van der Waals surface area contributed by atoms with Crippen LogP contribution in [0.15, 0.2) is 77.7 Å². The number of nitrogens with zero attached hydrogens (tertiary/aromatic N) is 3. The molecule has 1 aliphatic heterocycles. The number of ether oxygens (including phenoxy) is 1. The largest absolute Gasteiger partial charge is 0.508 e. The van der Waals surface area contributed by atoms with Crippen LogP contribution in [0.1, 0.15) is 15.9 Å². The van der Waals surface area contributed by atoms with Crippen LogP contribution >= 0.6 is 0 Å². The molecule has 1 aliphatic rings. The zero-order valence-electron chi connectivity index (χ0n) is 19.9. The van der Waals surface area contributed by atoms with Gasteiger partial charge in [0, 0.05) is 43.4 Å². The molecule has 2 heterocycles. The van der Waals surface area contributed by atoms with E-state index in [1.54, 1.807) is 22.8 Å². The van der Waals surface area contributed by atoms with Gasteiger partial charge in [0.2, 0.25) is 5.43 Å². The van der Waals surface area contributed by atoms with Gasteiger partial charge in [-0.25, -0.2) is 9.18 Å². The number of benzene rings is 3. The number of hydrogen-bond donors (Lipinski definition) is 1. The minimum atomic E-state index is -0.790. The predicted molar refractivity (Wildman–Crippen MR) is 136 cm³/mol. The lowest BCUT2D eigenvalue weighted by Gasteiger charge is -2.34. The number of pyridine rings is 1. The normalized spacial score (nSPS) is 14.2. The Balaban J connectivity index is 1.61. The summed E-state index contributed by atoms with van der Waals surface area (Å²) >= 11 is 0. The molecule has 1 aromatic heterocycles. The second kappa shape index (κ2) is 9.83. The summed E-state index contributed by atoms with van der Waals surface area (Å²) in [5.41, 5.74) is 1.46. The Morgan fingerprint density at radius 3 is 2.39 bits per heavy atom. The van der Waals surface area contributed by atoms with Crippen molar-refractivity contribution in [2.24, 2.45) is 0 Å². The third-order valence-corrected chi connectivity index (χ3v) is 6.48. The van der Waals surface area contributed by atoms with E-state index in [1.165, 1.54) is 24.4 Å². The van der Waals surface area contributed by atoms with Gasteiger partial charge < -0.3 is 24.2 Å². The number of hydrogen-bond acceptors (Lipinski definition) is 6. The molecule has 0 radical (unpaired) electrons. The first kappa shape index (κ1) is 23.6. The summed E-state index contributed by atoms with van der Waals surface area (Å²) in [7, 11) is 2.02. The van der Waals surface area contributed by atoms with Crippen molar-refractivity contribution < 1.29 is 19.0 Å². The average Bonchev–Trinajstić information content (AvgIpc) is 2.89. The minimum Gasteiger partial charge on any atom is -0.508 e. The molecule has 0 unspecified atom stereocenters. The third kappa shape index (κ3) is 4.67. The first-order valence-electron chi connectivity index (χ1n) is 11.7. The number of phenols is 1. The Morgan fingerprint density at radius 1 is 1.00 bits per heavy atom. The van der Waals surface area contributed by atoms with Crippen LogP contribution < -0.4 is 10.3 Å². The molecule has 1 fully saturated rings. The SMILES string of the molecule is CN1CCN(c2cc3c(cc2F)c(=O)c(C(=O)OCc2ccccc2)cn3-c2ccc(O)cc2)CC1. The molecule has 36 heavy (non-hydrogen) atoms. The molecule has 0 atom stereocenters. The van der Waals surface area contributed by atoms with E-state index in [9.17, 15) is 14.7 Å². The molecular formula is C28H26FN3O4. The fraction of sp³-hybridized carbons (Fsp3) is 0.214. The van der Waals surface area contributed by atoms with E-state index in [1.807, 2.05) is 42.3 Å². The number of esters is 1. The molecule has 0 bridgehead atoms. The molecule has 0 saturated carbocycles. The molecule has 1 N–H and O–H groups in total. The second-order valence-corrected chi connectivity index (χ2v) is 8.93. The van der Waals surface area contributed by atoms with Crippen molar-refractivity contribution >= 4 is 22.6 Å². The van der Waals surface area contributed by atoms with Gasteiger partial charge in [0.15, 0.2) is 0 Å². The Morgan fingerprint density at radius 2 is 1.69 bits per heavy atom. The summed E-state index contributed by atoms with van der Waals surface area (Å²) in [6, 6.07) is 18.4. The molecular weight excluding hydrogens is 461 g/mol. The second-order valence-electron chi connectivity index (χ2n) is 8.93. The van der Waals surface area contributed by atoms with Crippen molar-refractivity contribution in [1.29, 1.82) is 0 Å². The van der Waals surface area contributed by atoms with Crippen molar-refractivity contribution in [3.63, 3.8) is 0 Å². The maximum atomic E-state index is 15.3. The summed E-state index contributed by atoms with van der Waals surface area (Å²) in [6.45, 7) is 2.93. The van der Waals surface area contributed by atoms with Crippen LogP contribution in [-0.4, -0.2) is 53.8 Å². The van der Waals surface area contributed by atoms with Crippen molar-refractivity contribution in [2.75, 3.05) is 38.1 Å². The molecule has 3 aromatic carbocycles. The molecule has 4 aromatic rings. The molecule has 0 spiro atoms. The van der Waals surface area contributed by atoms with Crippen LogP contribution in [0.2, 0.25) is 0 Å². The number of carbonyl (C=O) groups is 1. The topological polar surface area (TPSA) is 75.0 Å². The van der Waals surface area contributed by atoms with Crippen LogP contribution in [0.3, 0.4) is 0 Å². The Kier molecular flexibility index (Phi) is 6.43. The number of aromatic hydroxyl groups is 1. The van der Waals surface area contributed by atoms with E-state index >= 15 is 4.39 Å². The first-order valence-corrected chi connectivity index (χ1v) is 11.7. The maximum Gasteiger partial charge on any atom is 0.344 e. The van der Waals surface area contributed by atoms with Gasteiger partial charge in [-0.15, -0.1) is 0 Å². The predicted octanol–water partition coefficient (Wildman–Crippen LogP) is 3.94. The zero-order valence-corrected chi connectivity index (χ0v) is 19.9. The number of aromatic nitrogens is 1. The number of carbonyl (C=O) groups excluding carboxylic acids is 1. The molecule has 184 valence electrons. The highest BCUT2D eigenvalue weighted by Crippen LogP contribution is 2.28. The lowest BCUT2D eigenvalue weighted by atomic mass is 10.1. The van der Waals surface area contributed by atoms with E-state index in [-0.39, 0.29) is 23.3 Å². The van der Waals surface area contributed by atoms with Gasteiger partial charge >= 0.3 is 5.97 Å². The van der Waals surface area contributed by atoms with Gasteiger partial charge in [0.25, 0.3) is 0 Å². The number of likely N-dealkylation sites (N-methyl/N-ethyl adjacent to an activating group) is 1. The van der Waals surface area contributed by atoms with E-state index in [4.69, 9.17) is 4.74 Å². The number of piperazine rings is 1. The van der Waals surface area contributed by atoms with Crippen LogP contribution in [-0.2, 0) is 11.3 Å². The van der Waals surface area contributed by atoms with Gasteiger partial charge in [-0.3, -0.25) is 4.79 Å². The number of phenolic OH excluding ortho intramolecular Hbond substituents is 1. The summed E-state index contributed by atoms with van der Waals surface area (Å²) < 4.78 is 22.4. The zero-order chi connectivity index (χ0) is 25.2. The van der Waals surface area contributed by atoms with E-state index in [0.29, 0.717) is 30.0 Å². The lowest BCUT2D eigenvalue weighted by Crippen LogP contribution is -2.44. The third-order valence-electron chi connectivity index (χ3n) is 6.48. The fourth-order valence-corrected chi connectivity index (χ4v) is 4.40. The summed E-state index contributed by atoms with van der Waals surface area (Å²) in [5.74, 6) is -1.23. The monoisotopic (exact) mass is 487 g/mol. The Bertz CT molecular complexity index is 1460. The van der Waals surface area contributed by atoms with E-state index < -0.39 is 17.2 Å². The molecule has 1 saturated heterocycles. The van der Waals surface area contributed by atoms with Crippen LogP contribution in [0, 0.1) is 5.82 Å². The average molecular weight is 488 g/mol. The minimum absolute atomic E-state index is 0.00701. The van der Waals surface area contributed by atoms with Gasteiger partial charge in [-0.2, -0.15) is 0 Å². The van der Waals surface area contributed by atoms with Crippen LogP contribution in [0.25, 0.3) is 16.6 Å². The standard InChI is InChI=1S/C28H26FN3O4/c1-30-11-13-31(14-12-30)26-16-25-22(15-24(26)29)27(34)23(17-32(25)20-7-9-21(33)10-8-20)28(35)36-18-19-5-3-2-4-6-19/h2-10,15-17,33H,11-14,18H2,1H3. The van der Waals surface area contributed by atoms with Gasteiger partial charge in [0.05, 0.1) is 11.2 Å². The number of rotatable bonds is 5. The maximum absolute atomic E-state index is 15.3. The quantitative estimate of drug-likeness (QED) is 0.430. The van der Waals surface area contributed by atoms with Crippen LogP contribution in [0.4, 0.5) is 10.1 Å². The Labute approximate surface area is 207 Å². The van der Waals surface area contributed by atoms with E-state index in [0.717, 1.165) is 18.7 Å². The highest BCUT2D eigenvalue weighted by atomic mass is 19.1. The van der Waals surface area contributed by atoms with Crippen molar-refractivity contribution in [3.05, 3.63) is 100 Å². The number of anilines is 1. The summed E-state index contributed by atoms with van der Waals surface area (Å²) in [4.78, 5) is 30.5. The van der Waals surface area contributed by atoms with Crippen molar-refractivity contribution in [1.82, 2.24) is 9.47 Å². The van der Waals surface area contributed by atoms with Gasteiger partial charge in [-0.05, 0) is 49.0 Å². The van der Waals surface area contributed by atoms with Crippen molar-refractivity contribution in [2.45, 2.75) is 6.61 Å². The lowest BCUT2D eigenvalue weighted by molar-refractivity contribution is 0.0470. The summed E-state index contributed by atoms with van der Waals surface area (Å²) in [5, 5.41) is 9.84. The highest BCUT2D eigenvalue weighted by Gasteiger charge is 2.23. The highest BCUT2D eigenvalue weighted by molar-refractivity contribution is 5.95. The first-order chi connectivity index (χ1) is 17.4. The smallest absolute Gasteiger partial charge is 0.344 e. The van der Waals surface area contributed by atoms with Gasteiger partial charge in [0.1, 0.15) is 23.7 Å². The molecule has 8 heteroatoms. The molecule has 0 amide bonds. The van der Waals surface area contributed by atoms with Crippen molar-refractivity contribution in [3.8, 4) is 11.4 Å². The fourth-order valence-electron chi connectivity index (χ4n) is 4.40. The molecule has 5 rings (SSSR count). The number of fused-ring (bicyclic) bond motifs is 1. The molecule has 0 aliphatic carbocycles. The van der Waals surface area contributed by atoms with Crippen LogP contribution in [0.5, 0.6) is 5.75 Å². The summed E-state index contributed by atoms with van der Waals surface area (Å²) in [6.07, 6.45) is 1.43.